The van der Waals surface area contributed by atoms with E-state index in [2.05, 4.69) is 10.6 Å². The van der Waals surface area contributed by atoms with E-state index in [-0.39, 0.29) is 23.9 Å². The summed E-state index contributed by atoms with van der Waals surface area (Å²) in [6.45, 7) is 3.25. The predicted octanol–water partition coefficient (Wildman–Crippen LogP) is 3.29. The molecular weight excluding hydrogens is 370 g/mol. The molecule has 1 aliphatic rings. The van der Waals surface area contributed by atoms with E-state index in [9.17, 15) is 14.4 Å². The van der Waals surface area contributed by atoms with Gasteiger partial charge in [-0.1, -0.05) is 18.2 Å². The molecule has 3 rings (SSSR count). The maximum Gasteiger partial charge on any atom is 0.409 e. The Morgan fingerprint density at radius 2 is 1.52 bits per heavy atom. The van der Waals surface area contributed by atoms with Gasteiger partial charge in [-0.05, 0) is 56.2 Å². The summed E-state index contributed by atoms with van der Waals surface area (Å²) in [5.41, 5.74) is 1.69. The first-order valence-electron chi connectivity index (χ1n) is 9.76. The largest absolute Gasteiger partial charge is 0.450 e. The Hall–Kier alpha value is -3.35. The van der Waals surface area contributed by atoms with Crippen LogP contribution in [0.25, 0.3) is 0 Å². The molecule has 152 valence electrons. The first kappa shape index (κ1) is 20.4. The third-order valence-corrected chi connectivity index (χ3v) is 4.80. The number of amides is 3. The van der Waals surface area contributed by atoms with Crippen molar-refractivity contribution in [2.24, 2.45) is 0 Å². The molecule has 0 bridgehead atoms. The first-order valence-corrected chi connectivity index (χ1v) is 9.76. The summed E-state index contributed by atoms with van der Waals surface area (Å²) in [6.07, 6.45) is 1.06. The van der Waals surface area contributed by atoms with E-state index in [1.165, 1.54) is 0 Å². The van der Waals surface area contributed by atoms with Crippen LogP contribution < -0.4 is 10.6 Å². The van der Waals surface area contributed by atoms with E-state index in [0.717, 1.165) is 0 Å². The highest BCUT2D eigenvalue weighted by atomic mass is 16.6. The number of piperidine rings is 1. The lowest BCUT2D eigenvalue weighted by Crippen LogP contribution is -2.46. The molecule has 0 saturated carbocycles. The van der Waals surface area contributed by atoms with Crippen molar-refractivity contribution in [1.29, 1.82) is 0 Å². The number of likely N-dealkylation sites (tertiary alicyclic amines) is 1. The number of carbonyl (C=O) groups is 3. The second-order valence-corrected chi connectivity index (χ2v) is 6.83. The van der Waals surface area contributed by atoms with Gasteiger partial charge in [0.05, 0.1) is 6.61 Å². The minimum absolute atomic E-state index is 0.00855. The van der Waals surface area contributed by atoms with Crippen LogP contribution in [0.5, 0.6) is 0 Å². The van der Waals surface area contributed by atoms with Crippen LogP contribution >= 0.6 is 0 Å². The van der Waals surface area contributed by atoms with Gasteiger partial charge in [0.15, 0.2) is 0 Å². The minimum atomic E-state index is -0.304. The summed E-state index contributed by atoms with van der Waals surface area (Å²) in [4.78, 5) is 38.2. The molecule has 2 N–H and O–H groups in total. The predicted molar refractivity (Wildman–Crippen MR) is 110 cm³/mol. The fraction of sp³-hybridized carbons (Fsp3) is 0.318. The molecule has 0 radical (unpaired) electrons. The van der Waals surface area contributed by atoms with Gasteiger partial charge in [-0.15, -0.1) is 0 Å². The van der Waals surface area contributed by atoms with Crippen LogP contribution in [0.4, 0.5) is 10.5 Å². The van der Waals surface area contributed by atoms with Gasteiger partial charge in [0.25, 0.3) is 11.8 Å². The lowest BCUT2D eigenvalue weighted by molar-refractivity contribution is 0.0859. The zero-order valence-corrected chi connectivity index (χ0v) is 16.4. The van der Waals surface area contributed by atoms with Gasteiger partial charge in [-0.3, -0.25) is 9.59 Å². The Balaban J connectivity index is 1.50. The summed E-state index contributed by atoms with van der Waals surface area (Å²) in [7, 11) is 0. The second kappa shape index (κ2) is 9.73. The standard InChI is InChI=1S/C22H25N3O4/c1-2-29-22(28)25-14-12-19(13-15-25)24-21(27)17-10-8-16(9-11-17)20(26)23-18-6-4-3-5-7-18/h3-11,19H,2,12-15H2,1H3,(H,23,26)(H,24,27). The number of anilines is 1. The molecule has 1 saturated heterocycles. The molecule has 0 unspecified atom stereocenters. The number of ether oxygens (including phenoxy) is 1. The quantitative estimate of drug-likeness (QED) is 0.813. The summed E-state index contributed by atoms with van der Waals surface area (Å²) >= 11 is 0. The van der Waals surface area contributed by atoms with Crippen molar-refractivity contribution in [3.63, 3.8) is 0 Å². The van der Waals surface area contributed by atoms with Crippen molar-refractivity contribution in [2.75, 3.05) is 25.0 Å². The molecule has 7 heteroatoms. The maximum atomic E-state index is 12.5. The van der Waals surface area contributed by atoms with Crippen LogP contribution in [-0.2, 0) is 4.74 Å². The number of benzene rings is 2. The lowest BCUT2D eigenvalue weighted by Gasteiger charge is -2.31. The average Bonchev–Trinajstić information content (AvgIpc) is 2.75. The number of hydrogen-bond acceptors (Lipinski definition) is 4. The molecule has 2 aromatic rings. The lowest BCUT2D eigenvalue weighted by atomic mass is 10.0. The highest BCUT2D eigenvalue weighted by Gasteiger charge is 2.24. The molecule has 0 aromatic heterocycles. The normalized spacial score (nSPS) is 14.2. The summed E-state index contributed by atoms with van der Waals surface area (Å²) in [5.74, 6) is -0.413. The fourth-order valence-electron chi connectivity index (χ4n) is 3.19. The van der Waals surface area contributed by atoms with Crippen molar-refractivity contribution in [3.8, 4) is 0 Å². The fourth-order valence-corrected chi connectivity index (χ4v) is 3.19. The molecule has 29 heavy (non-hydrogen) atoms. The first-order chi connectivity index (χ1) is 14.1. The molecular formula is C22H25N3O4. The molecule has 2 aromatic carbocycles. The van der Waals surface area contributed by atoms with Crippen molar-refractivity contribution in [2.45, 2.75) is 25.8 Å². The number of rotatable bonds is 5. The Morgan fingerprint density at radius 1 is 0.931 bits per heavy atom. The zero-order chi connectivity index (χ0) is 20.6. The van der Waals surface area contributed by atoms with E-state index in [1.807, 2.05) is 30.3 Å². The average molecular weight is 395 g/mol. The molecule has 0 spiro atoms. The zero-order valence-electron chi connectivity index (χ0n) is 16.4. The number of nitrogens with one attached hydrogen (secondary N) is 2. The molecule has 7 nitrogen and oxygen atoms in total. The molecule has 0 aliphatic carbocycles. The van der Waals surface area contributed by atoms with Crippen LogP contribution in [-0.4, -0.2) is 48.5 Å². The Morgan fingerprint density at radius 3 is 2.10 bits per heavy atom. The minimum Gasteiger partial charge on any atom is -0.450 e. The SMILES string of the molecule is CCOC(=O)N1CCC(NC(=O)c2ccc(C(=O)Nc3ccccc3)cc2)CC1. The van der Waals surface area contributed by atoms with E-state index >= 15 is 0 Å². The van der Waals surface area contributed by atoms with Gasteiger partial charge in [-0.25, -0.2) is 4.79 Å². The van der Waals surface area contributed by atoms with E-state index in [0.29, 0.717) is 49.4 Å². The Bertz CT molecular complexity index is 844. The monoisotopic (exact) mass is 395 g/mol. The van der Waals surface area contributed by atoms with Gasteiger partial charge in [0.2, 0.25) is 0 Å². The van der Waals surface area contributed by atoms with Crippen molar-refractivity contribution >= 4 is 23.6 Å². The molecule has 1 heterocycles. The van der Waals surface area contributed by atoms with Crippen LogP contribution in [0.15, 0.2) is 54.6 Å². The summed E-state index contributed by atoms with van der Waals surface area (Å²) < 4.78 is 5.00. The third kappa shape index (κ3) is 5.57. The van der Waals surface area contributed by atoms with Crippen LogP contribution in [0.3, 0.4) is 0 Å². The molecule has 3 amide bonds. The Kier molecular flexibility index (Phi) is 6.84. The number of nitrogens with zero attached hydrogens (tertiary/aromatic N) is 1. The van der Waals surface area contributed by atoms with Crippen LogP contribution in [0.1, 0.15) is 40.5 Å². The van der Waals surface area contributed by atoms with Crippen LogP contribution in [0.2, 0.25) is 0 Å². The topological polar surface area (TPSA) is 87.7 Å². The third-order valence-electron chi connectivity index (χ3n) is 4.80. The number of hydrogen-bond donors (Lipinski definition) is 2. The smallest absolute Gasteiger partial charge is 0.409 e. The molecule has 1 aliphatic heterocycles. The van der Waals surface area contributed by atoms with E-state index in [1.54, 1.807) is 36.1 Å². The summed E-state index contributed by atoms with van der Waals surface area (Å²) in [6, 6.07) is 15.8. The maximum absolute atomic E-state index is 12.5. The number of para-hydroxylation sites is 1. The van der Waals surface area contributed by atoms with Crippen LogP contribution in [0, 0.1) is 0 Å². The Labute approximate surface area is 170 Å². The second-order valence-electron chi connectivity index (χ2n) is 6.83. The molecule has 0 atom stereocenters. The number of carbonyl (C=O) groups excluding carboxylic acids is 3. The van der Waals surface area contributed by atoms with Gasteiger partial charge >= 0.3 is 6.09 Å². The highest BCUT2D eigenvalue weighted by Crippen LogP contribution is 2.14. The van der Waals surface area contributed by atoms with Crippen molar-refractivity contribution in [3.05, 3.63) is 65.7 Å². The summed E-state index contributed by atoms with van der Waals surface area (Å²) in [5, 5.41) is 5.81. The van der Waals surface area contributed by atoms with Gasteiger partial charge in [-0.2, -0.15) is 0 Å². The van der Waals surface area contributed by atoms with Gasteiger partial charge in [0, 0.05) is 35.9 Å². The van der Waals surface area contributed by atoms with Gasteiger partial charge in [0.1, 0.15) is 0 Å². The van der Waals surface area contributed by atoms with Gasteiger partial charge < -0.3 is 20.3 Å². The highest BCUT2D eigenvalue weighted by molar-refractivity contribution is 6.05. The van der Waals surface area contributed by atoms with E-state index in [4.69, 9.17) is 4.74 Å². The molecule has 1 fully saturated rings. The van der Waals surface area contributed by atoms with Crippen molar-refractivity contribution < 1.29 is 19.1 Å². The van der Waals surface area contributed by atoms with E-state index < -0.39 is 0 Å². The van der Waals surface area contributed by atoms with Crippen molar-refractivity contribution in [1.82, 2.24) is 10.2 Å².